The Balaban J connectivity index is 1.44. The summed E-state index contributed by atoms with van der Waals surface area (Å²) in [7, 11) is 0. The number of aliphatic carboxylic acids is 1. The molecule has 4 N–H and O–H groups in total. The van der Waals surface area contributed by atoms with Gasteiger partial charge in [0.05, 0.1) is 28.0 Å². The molecule has 1 aromatic heterocycles. The molecule has 2 aliphatic carbocycles. The van der Waals surface area contributed by atoms with Gasteiger partial charge < -0.3 is 20.9 Å². The van der Waals surface area contributed by atoms with E-state index in [9.17, 15) is 9.59 Å². The summed E-state index contributed by atoms with van der Waals surface area (Å²) >= 11 is 6.50. The number of hydrogen-bond acceptors (Lipinski definition) is 6. The normalized spacial score (nSPS) is 24.8. The van der Waals surface area contributed by atoms with Crippen LogP contribution in [-0.4, -0.2) is 40.3 Å². The number of pyridine rings is 1. The van der Waals surface area contributed by atoms with E-state index >= 15 is 0 Å². The van der Waals surface area contributed by atoms with Crippen LogP contribution in [0.5, 0.6) is 5.75 Å². The second-order valence-electron chi connectivity index (χ2n) is 8.27. The first-order chi connectivity index (χ1) is 15.4. The summed E-state index contributed by atoms with van der Waals surface area (Å²) in [6.07, 6.45) is 7.20. The third kappa shape index (κ3) is 3.60. The number of hydrogen-bond donors (Lipinski definition) is 3. The van der Waals surface area contributed by atoms with Gasteiger partial charge in [0, 0.05) is 24.2 Å². The van der Waals surface area contributed by atoms with Crippen LogP contribution >= 0.6 is 11.6 Å². The number of carboxylic acid groups (broad SMARTS) is 1. The summed E-state index contributed by atoms with van der Waals surface area (Å²) in [5.41, 5.74) is 9.37. The van der Waals surface area contributed by atoms with E-state index in [4.69, 9.17) is 32.2 Å². The number of carboxylic acids is 1. The van der Waals surface area contributed by atoms with E-state index in [1.54, 1.807) is 24.4 Å². The SMILES string of the molecule is NC(=O)[C@@H]1[C@H](Nc2c(Cl)cnc3c2N=C(c2cccc(OCC(=O)O)c2)C3)[C@H]2C=C[C@@H]1C2. The molecule has 164 valence electrons. The maximum atomic E-state index is 12.1. The quantitative estimate of drug-likeness (QED) is 0.554. The number of rotatable bonds is 7. The van der Waals surface area contributed by atoms with Gasteiger partial charge in [-0.05, 0) is 30.4 Å². The highest BCUT2D eigenvalue weighted by atomic mass is 35.5. The number of anilines is 1. The van der Waals surface area contributed by atoms with Crippen molar-refractivity contribution in [1.29, 1.82) is 0 Å². The lowest BCUT2D eigenvalue weighted by Gasteiger charge is -2.28. The number of aliphatic imine (C=N–C) groups is 1. The first kappa shape index (κ1) is 20.5. The van der Waals surface area contributed by atoms with Gasteiger partial charge in [0.25, 0.3) is 0 Å². The maximum Gasteiger partial charge on any atom is 0.341 e. The Bertz CT molecular complexity index is 1180. The number of ether oxygens (including phenoxy) is 1. The number of nitrogens with two attached hydrogens (primary N) is 1. The number of nitrogens with one attached hydrogen (secondary N) is 1. The summed E-state index contributed by atoms with van der Waals surface area (Å²) in [5, 5.41) is 12.7. The van der Waals surface area contributed by atoms with Crippen molar-refractivity contribution in [2.45, 2.75) is 18.9 Å². The fourth-order valence-corrected chi connectivity index (χ4v) is 5.08. The van der Waals surface area contributed by atoms with E-state index in [0.29, 0.717) is 28.6 Å². The number of fused-ring (bicyclic) bond motifs is 3. The molecule has 9 heteroatoms. The summed E-state index contributed by atoms with van der Waals surface area (Å²) in [6.45, 7) is -0.416. The molecular weight excluding hydrogens is 432 g/mol. The Morgan fingerprint density at radius 2 is 2.09 bits per heavy atom. The number of halogens is 1. The topological polar surface area (TPSA) is 127 Å². The zero-order valence-corrected chi connectivity index (χ0v) is 17.7. The number of benzene rings is 1. The van der Waals surface area contributed by atoms with Gasteiger partial charge in [-0.3, -0.25) is 9.78 Å². The Kier molecular flexibility index (Phi) is 5.09. The van der Waals surface area contributed by atoms with Crippen LogP contribution in [-0.2, 0) is 16.0 Å². The van der Waals surface area contributed by atoms with Crippen LogP contribution in [0.15, 0.2) is 47.6 Å². The number of carbonyl (C=O) groups excluding carboxylic acids is 1. The Labute approximate surface area is 189 Å². The summed E-state index contributed by atoms with van der Waals surface area (Å²) in [6, 6.07) is 6.99. The van der Waals surface area contributed by atoms with E-state index < -0.39 is 12.6 Å². The smallest absolute Gasteiger partial charge is 0.341 e. The van der Waals surface area contributed by atoms with Crippen LogP contribution in [0.4, 0.5) is 11.4 Å². The molecule has 0 radical (unpaired) electrons. The van der Waals surface area contributed by atoms with E-state index in [1.807, 2.05) is 6.07 Å². The zero-order chi connectivity index (χ0) is 22.4. The van der Waals surface area contributed by atoms with Crippen LogP contribution in [0.2, 0.25) is 5.02 Å². The third-order valence-electron chi connectivity index (χ3n) is 6.29. The monoisotopic (exact) mass is 452 g/mol. The number of aromatic nitrogens is 1. The highest BCUT2D eigenvalue weighted by Crippen LogP contribution is 2.47. The van der Waals surface area contributed by atoms with Crippen LogP contribution in [0.25, 0.3) is 0 Å². The van der Waals surface area contributed by atoms with Gasteiger partial charge in [0.15, 0.2) is 6.61 Å². The minimum atomic E-state index is -1.04. The molecule has 1 aromatic carbocycles. The van der Waals surface area contributed by atoms with E-state index in [0.717, 1.165) is 23.4 Å². The lowest BCUT2D eigenvalue weighted by Crippen LogP contribution is -2.41. The molecule has 2 heterocycles. The average Bonchev–Trinajstić information content (AvgIpc) is 3.49. The fourth-order valence-electron chi connectivity index (χ4n) is 4.89. The summed E-state index contributed by atoms with van der Waals surface area (Å²) < 4.78 is 5.28. The van der Waals surface area contributed by atoms with Crippen molar-refractivity contribution in [3.8, 4) is 5.75 Å². The zero-order valence-electron chi connectivity index (χ0n) is 17.0. The Morgan fingerprint density at radius 3 is 2.88 bits per heavy atom. The molecule has 1 fully saturated rings. The number of primary amides is 1. The summed E-state index contributed by atoms with van der Waals surface area (Å²) in [4.78, 5) is 32.1. The van der Waals surface area contributed by atoms with Crippen LogP contribution < -0.4 is 15.8 Å². The molecule has 4 atom stereocenters. The van der Waals surface area contributed by atoms with Crippen molar-refractivity contribution in [1.82, 2.24) is 4.98 Å². The van der Waals surface area contributed by atoms with Gasteiger partial charge in [-0.25, -0.2) is 9.79 Å². The highest BCUT2D eigenvalue weighted by molar-refractivity contribution is 6.34. The van der Waals surface area contributed by atoms with Crippen molar-refractivity contribution >= 4 is 40.6 Å². The van der Waals surface area contributed by atoms with Crippen molar-refractivity contribution < 1.29 is 19.4 Å². The number of carbonyl (C=O) groups is 2. The van der Waals surface area contributed by atoms with Gasteiger partial charge in [0.2, 0.25) is 5.91 Å². The van der Waals surface area contributed by atoms with Crippen LogP contribution in [0.1, 0.15) is 17.7 Å². The van der Waals surface area contributed by atoms with Crippen LogP contribution in [0.3, 0.4) is 0 Å². The molecule has 1 aliphatic heterocycles. The second kappa shape index (κ2) is 7.94. The number of amides is 1. The molecule has 1 saturated carbocycles. The minimum absolute atomic E-state index is 0.140. The Morgan fingerprint density at radius 1 is 1.28 bits per heavy atom. The first-order valence-electron chi connectivity index (χ1n) is 10.3. The molecule has 2 bridgehead atoms. The van der Waals surface area contributed by atoms with Crippen molar-refractivity contribution in [3.63, 3.8) is 0 Å². The average molecular weight is 453 g/mol. The van der Waals surface area contributed by atoms with Crippen molar-refractivity contribution in [2.24, 2.45) is 28.5 Å². The lowest BCUT2D eigenvalue weighted by atomic mass is 9.88. The van der Waals surface area contributed by atoms with Gasteiger partial charge in [-0.2, -0.15) is 0 Å². The van der Waals surface area contributed by atoms with Gasteiger partial charge >= 0.3 is 5.97 Å². The Hall–Kier alpha value is -3.39. The van der Waals surface area contributed by atoms with Gasteiger partial charge in [0.1, 0.15) is 11.4 Å². The molecule has 1 amide bonds. The predicted molar refractivity (Wildman–Crippen MR) is 120 cm³/mol. The molecular formula is C23H21ClN4O4. The highest BCUT2D eigenvalue weighted by Gasteiger charge is 2.48. The van der Waals surface area contributed by atoms with E-state index in [2.05, 4.69) is 22.5 Å². The minimum Gasteiger partial charge on any atom is -0.482 e. The molecule has 0 saturated heterocycles. The first-order valence-corrected chi connectivity index (χ1v) is 10.7. The standard InChI is InChI=1S/C23H21ClN4O4/c24-15-9-26-17-8-16(11-2-1-3-14(7-11)32-10-18(29)30)27-22(17)21(15)28-20-13-5-4-12(6-13)19(20)23(25)31/h1-5,7,9,12-13,19-20H,6,8,10H2,(H2,25,31)(H,26,28)(H,29,30)/t12-,13+,19+,20-/m1/s1. The number of allylic oxidation sites excluding steroid dienone is 1. The predicted octanol–water partition coefficient (Wildman–Crippen LogP) is 2.96. The lowest BCUT2D eigenvalue weighted by molar-refractivity contribution is -0.139. The van der Waals surface area contributed by atoms with Gasteiger partial charge in [-0.15, -0.1) is 0 Å². The molecule has 3 aliphatic rings. The summed E-state index contributed by atoms with van der Waals surface area (Å²) in [5.74, 6) is -0.839. The molecule has 5 rings (SSSR count). The van der Waals surface area contributed by atoms with Crippen LogP contribution in [0, 0.1) is 17.8 Å². The molecule has 0 unspecified atom stereocenters. The van der Waals surface area contributed by atoms with Crippen molar-refractivity contribution in [3.05, 3.63) is 58.9 Å². The third-order valence-corrected chi connectivity index (χ3v) is 6.58. The number of nitrogens with zero attached hydrogens (tertiary/aromatic N) is 2. The maximum absolute atomic E-state index is 12.1. The van der Waals surface area contributed by atoms with E-state index in [-0.39, 0.29) is 29.7 Å². The fraction of sp³-hybridized carbons (Fsp3) is 0.304. The largest absolute Gasteiger partial charge is 0.482 e. The van der Waals surface area contributed by atoms with Gasteiger partial charge in [-0.1, -0.05) is 35.9 Å². The molecule has 32 heavy (non-hydrogen) atoms. The molecule has 0 spiro atoms. The van der Waals surface area contributed by atoms with Crippen molar-refractivity contribution in [2.75, 3.05) is 11.9 Å². The second-order valence-corrected chi connectivity index (χ2v) is 8.68. The molecule has 8 nitrogen and oxygen atoms in total. The van der Waals surface area contributed by atoms with E-state index in [1.165, 1.54) is 0 Å². The molecule has 2 aromatic rings.